The molecule has 2 atom stereocenters. The van der Waals surface area contributed by atoms with Gasteiger partial charge in [-0.15, -0.1) is 0 Å². The first-order chi connectivity index (χ1) is 8.04. The van der Waals surface area contributed by atoms with Gasteiger partial charge in [-0.05, 0) is 26.7 Å². The SMILES string of the molecule is CCS(=O)(=O)OC(C)C(OS(=O)(=O)CC)C(C)C. The van der Waals surface area contributed by atoms with Crippen LogP contribution in [0, 0.1) is 5.92 Å². The van der Waals surface area contributed by atoms with Gasteiger partial charge in [-0.3, -0.25) is 8.37 Å². The lowest BCUT2D eigenvalue weighted by Crippen LogP contribution is -2.37. The van der Waals surface area contributed by atoms with Crippen LogP contribution in [0.15, 0.2) is 0 Å². The minimum Gasteiger partial charge on any atom is -0.264 e. The summed E-state index contributed by atoms with van der Waals surface area (Å²) in [6.45, 7) is 7.89. The predicted molar refractivity (Wildman–Crippen MR) is 69.2 cm³/mol. The van der Waals surface area contributed by atoms with E-state index in [0.717, 1.165) is 0 Å². The van der Waals surface area contributed by atoms with Crippen LogP contribution in [0.3, 0.4) is 0 Å². The zero-order valence-corrected chi connectivity index (χ0v) is 13.0. The normalized spacial score (nSPS) is 16.8. The molecule has 0 rings (SSSR count). The van der Waals surface area contributed by atoms with Crippen molar-refractivity contribution in [3.8, 4) is 0 Å². The predicted octanol–water partition coefficient (Wildman–Crippen LogP) is 1.13. The van der Waals surface area contributed by atoms with Crippen molar-refractivity contribution in [1.29, 1.82) is 0 Å². The van der Waals surface area contributed by atoms with E-state index in [1.165, 1.54) is 20.8 Å². The van der Waals surface area contributed by atoms with Crippen LogP contribution in [-0.2, 0) is 28.6 Å². The average Bonchev–Trinajstić information content (AvgIpc) is 2.25. The summed E-state index contributed by atoms with van der Waals surface area (Å²) in [4.78, 5) is 0. The Hall–Kier alpha value is -0.180. The van der Waals surface area contributed by atoms with Crippen molar-refractivity contribution in [2.24, 2.45) is 5.92 Å². The van der Waals surface area contributed by atoms with Gasteiger partial charge < -0.3 is 0 Å². The summed E-state index contributed by atoms with van der Waals surface area (Å²) in [6, 6.07) is 0. The fourth-order valence-corrected chi connectivity index (χ4v) is 2.88. The molecule has 18 heavy (non-hydrogen) atoms. The summed E-state index contributed by atoms with van der Waals surface area (Å²) in [5.41, 5.74) is 0. The highest BCUT2D eigenvalue weighted by Crippen LogP contribution is 2.18. The van der Waals surface area contributed by atoms with E-state index in [4.69, 9.17) is 8.37 Å². The molecular weight excluding hydrogens is 280 g/mol. The van der Waals surface area contributed by atoms with Crippen molar-refractivity contribution < 1.29 is 25.2 Å². The van der Waals surface area contributed by atoms with Crippen LogP contribution in [0.5, 0.6) is 0 Å². The third kappa shape index (κ3) is 6.12. The van der Waals surface area contributed by atoms with E-state index < -0.39 is 32.4 Å². The highest BCUT2D eigenvalue weighted by molar-refractivity contribution is 7.87. The Morgan fingerprint density at radius 3 is 1.56 bits per heavy atom. The molecule has 0 radical (unpaired) electrons. The van der Waals surface area contributed by atoms with Crippen LogP contribution in [-0.4, -0.2) is 40.5 Å². The monoisotopic (exact) mass is 302 g/mol. The summed E-state index contributed by atoms with van der Waals surface area (Å²) >= 11 is 0. The average molecular weight is 302 g/mol. The number of hydrogen-bond donors (Lipinski definition) is 0. The molecule has 0 aromatic heterocycles. The van der Waals surface area contributed by atoms with Crippen LogP contribution >= 0.6 is 0 Å². The lowest BCUT2D eigenvalue weighted by atomic mass is 10.0. The van der Waals surface area contributed by atoms with E-state index in [0.29, 0.717) is 0 Å². The standard InChI is InChI=1S/C10H22O6S2/c1-6-17(11,12)15-9(5)10(8(3)4)16-18(13,14)7-2/h8-10H,6-7H2,1-5H3. The zero-order valence-electron chi connectivity index (χ0n) is 11.4. The minimum atomic E-state index is -3.65. The van der Waals surface area contributed by atoms with Gasteiger partial charge in [0.2, 0.25) is 0 Å². The van der Waals surface area contributed by atoms with Crippen LogP contribution in [0.25, 0.3) is 0 Å². The Balaban J connectivity index is 4.93. The first-order valence-electron chi connectivity index (χ1n) is 5.86. The van der Waals surface area contributed by atoms with Crippen molar-refractivity contribution >= 4 is 20.2 Å². The minimum absolute atomic E-state index is 0.163. The smallest absolute Gasteiger partial charge is 0.264 e. The second kappa shape index (κ2) is 6.83. The van der Waals surface area contributed by atoms with Gasteiger partial charge in [-0.2, -0.15) is 16.8 Å². The van der Waals surface area contributed by atoms with Crippen molar-refractivity contribution in [2.75, 3.05) is 11.5 Å². The maximum absolute atomic E-state index is 11.4. The number of hydrogen-bond acceptors (Lipinski definition) is 6. The maximum atomic E-state index is 11.4. The quantitative estimate of drug-likeness (QED) is 0.625. The van der Waals surface area contributed by atoms with Gasteiger partial charge in [0.15, 0.2) is 0 Å². The topological polar surface area (TPSA) is 86.7 Å². The molecule has 0 amide bonds. The molecule has 0 bridgehead atoms. The van der Waals surface area contributed by atoms with E-state index in [-0.39, 0.29) is 17.4 Å². The van der Waals surface area contributed by atoms with Crippen molar-refractivity contribution in [3.05, 3.63) is 0 Å². The molecule has 6 nitrogen and oxygen atoms in total. The summed E-state index contributed by atoms with van der Waals surface area (Å²) < 4.78 is 55.4. The van der Waals surface area contributed by atoms with Crippen LogP contribution in [0.2, 0.25) is 0 Å². The molecule has 0 saturated heterocycles. The van der Waals surface area contributed by atoms with E-state index in [2.05, 4.69) is 0 Å². The second-order valence-electron chi connectivity index (χ2n) is 4.30. The fourth-order valence-electron chi connectivity index (χ4n) is 1.32. The molecule has 0 spiro atoms. The van der Waals surface area contributed by atoms with Gasteiger partial charge in [0.25, 0.3) is 20.2 Å². The molecule has 0 fully saturated rings. The lowest BCUT2D eigenvalue weighted by Gasteiger charge is -2.26. The third-order valence-electron chi connectivity index (χ3n) is 2.38. The molecule has 0 aliphatic heterocycles. The molecule has 0 heterocycles. The van der Waals surface area contributed by atoms with Gasteiger partial charge in [-0.25, -0.2) is 0 Å². The van der Waals surface area contributed by atoms with Crippen LogP contribution < -0.4 is 0 Å². The lowest BCUT2D eigenvalue weighted by molar-refractivity contribution is 0.0439. The Kier molecular flexibility index (Phi) is 6.77. The van der Waals surface area contributed by atoms with E-state index in [1.807, 2.05) is 0 Å². The van der Waals surface area contributed by atoms with Gasteiger partial charge >= 0.3 is 0 Å². The zero-order chi connectivity index (χ0) is 14.6. The molecule has 0 saturated carbocycles. The highest BCUT2D eigenvalue weighted by atomic mass is 32.2. The summed E-state index contributed by atoms with van der Waals surface area (Å²) in [5.74, 6) is -0.514. The molecule has 0 aromatic rings. The van der Waals surface area contributed by atoms with Crippen molar-refractivity contribution in [1.82, 2.24) is 0 Å². The number of rotatable bonds is 8. The summed E-state index contributed by atoms with van der Waals surface area (Å²) in [7, 11) is -7.28. The molecule has 0 aliphatic carbocycles. The Bertz CT molecular complexity index is 437. The highest BCUT2D eigenvalue weighted by Gasteiger charge is 2.30. The van der Waals surface area contributed by atoms with Crippen LogP contribution in [0.1, 0.15) is 34.6 Å². The Morgan fingerprint density at radius 2 is 1.22 bits per heavy atom. The van der Waals surface area contributed by atoms with Crippen molar-refractivity contribution in [2.45, 2.75) is 46.8 Å². The van der Waals surface area contributed by atoms with Gasteiger partial charge in [0, 0.05) is 0 Å². The van der Waals surface area contributed by atoms with Gasteiger partial charge in [-0.1, -0.05) is 13.8 Å². The van der Waals surface area contributed by atoms with Gasteiger partial charge in [0.1, 0.15) is 12.2 Å². The third-order valence-corrected chi connectivity index (χ3v) is 4.91. The van der Waals surface area contributed by atoms with E-state index >= 15 is 0 Å². The van der Waals surface area contributed by atoms with E-state index in [9.17, 15) is 16.8 Å². The fraction of sp³-hybridized carbons (Fsp3) is 1.00. The van der Waals surface area contributed by atoms with Crippen molar-refractivity contribution in [3.63, 3.8) is 0 Å². The molecule has 2 unspecified atom stereocenters. The molecular formula is C10H22O6S2. The first kappa shape index (κ1) is 17.8. The molecule has 0 N–H and O–H groups in total. The van der Waals surface area contributed by atoms with Gasteiger partial charge in [0.05, 0.1) is 11.5 Å². The maximum Gasteiger partial charge on any atom is 0.267 e. The summed E-state index contributed by atoms with van der Waals surface area (Å²) in [5, 5.41) is 0. The second-order valence-corrected chi connectivity index (χ2v) is 8.07. The molecule has 110 valence electrons. The largest absolute Gasteiger partial charge is 0.267 e. The Morgan fingerprint density at radius 1 is 0.833 bits per heavy atom. The first-order valence-corrected chi connectivity index (χ1v) is 9.02. The summed E-state index contributed by atoms with van der Waals surface area (Å²) in [6.07, 6.45) is -1.67. The molecule has 8 heteroatoms. The van der Waals surface area contributed by atoms with Crippen LogP contribution in [0.4, 0.5) is 0 Å². The van der Waals surface area contributed by atoms with E-state index in [1.54, 1.807) is 13.8 Å². The Labute approximate surface area is 110 Å². The molecule has 0 aromatic carbocycles. The molecule has 0 aliphatic rings.